The van der Waals surface area contributed by atoms with Crippen LogP contribution in [0.2, 0.25) is 0 Å². The van der Waals surface area contributed by atoms with Gasteiger partial charge in [-0.15, -0.1) is 0 Å². The number of benzene rings is 2. The van der Waals surface area contributed by atoms with Gasteiger partial charge in [-0.2, -0.15) is 0 Å². The molecule has 2 aromatic carbocycles. The number of rotatable bonds is 6. The number of nitrogens with one attached hydrogen (secondary N) is 1. The summed E-state index contributed by atoms with van der Waals surface area (Å²) in [6.45, 7) is 4.02. The summed E-state index contributed by atoms with van der Waals surface area (Å²) in [6.07, 6.45) is 0. The zero-order chi connectivity index (χ0) is 19.4. The second-order valence-electron chi connectivity index (χ2n) is 5.98. The molecule has 0 saturated carbocycles. The first-order valence-electron chi connectivity index (χ1n) is 8.30. The Hall–Kier alpha value is -3.61. The molecule has 0 fully saturated rings. The second kappa shape index (κ2) is 7.74. The molecule has 0 aliphatic rings. The molecule has 3 N–H and O–H groups in total. The minimum absolute atomic E-state index is 0.255. The molecule has 1 aromatic heterocycles. The van der Waals surface area contributed by atoms with Crippen LogP contribution in [0.3, 0.4) is 0 Å². The molecule has 0 saturated heterocycles. The Labute approximate surface area is 156 Å². The highest BCUT2D eigenvalue weighted by Gasteiger charge is 2.13. The van der Waals surface area contributed by atoms with Crippen molar-refractivity contribution < 1.29 is 18.8 Å². The van der Waals surface area contributed by atoms with Crippen molar-refractivity contribution in [3.63, 3.8) is 0 Å². The fraction of sp³-hybridized carbons (Fsp3) is 0.150. The van der Waals surface area contributed by atoms with Gasteiger partial charge < -0.3 is 20.3 Å². The van der Waals surface area contributed by atoms with Crippen LogP contribution >= 0.6 is 0 Å². The highest BCUT2D eigenvalue weighted by Crippen LogP contribution is 2.19. The summed E-state index contributed by atoms with van der Waals surface area (Å²) in [7, 11) is 0. The zero-order valence-electron chi connectivity index (χ0n) is 15.0. The maximum absolute atomic E-state index is 12.4. The minimum Gasteiger partial charge on any atom is -0.489 e. The quantitative estimate of drug-likeness (QED) is 0.697. The van der Waals surface area contributed by atoms with Gasteiger partial charge in [-0.25, -0.2) is 0 Å². The lowest BCUT2D eigenvalue weighted by Crippen LogP contribution is -2.18. The average molecular weight is 365 g/mol. The molecule has 7 nitrogen and oxygen atoms in total. The summed E-state index contributed by atoms with van der Waals surface area (Å²) in [5.41, 5.74) is 8.07. The molecule has 3 rings (SSSR count). The summed E-state index contributed by atoms with van der Waals surface area (Å²) in [6, 6.07) is 13.3. The SMILES string of the molecule is Cc1noc(C)c1COc1ccc(C(=O)Nc2ccccc2C(N)=O)cc1. The van der Waals surface area contributed by atoms with Crippen molar-refractivity contribution in [2.45, 2.75) is 20.5 Å². The highest BCUT2D eigenvalue weighted by atomic mass is 16.5. The van der Waals surface area contributed by atoms with E-state index in [1.54, 1.807) is 48.5 Å². The number of carbonyl (C=O) groups excluding carboxylic acids is 2. The van der Waals surface area contributed by atoms with Crippen molar-refractivity contribution in [3.8, 4) is 5.75 Å². The van der Waals surface area contributed by atoms with Crippen molar-refractivity contribution in [1.82, 2.24) is 5.16 Å². The highest BCUT2D eigenvalue weighted by molar-refractivity contribution is 6.08. The van der Waals surface area contributed by atoms with Crippen LogP contribution in [0.15, 0.2) is 53.1 Å². The van der Waals surface area contributed by atoms with E-state index in [2.05, 4.69) is 10.5 Å². The van der Waals surface area contributed by atoms with Crippen molar-refractivity contribution in [3.05, 3.63) is 76.7 Å². The topological polar surface area (TPSA) is 107 Å². The number of anilines is 1. The third-order valence-electron chi connectivity index (χ3n) is 4.12. The molecule has 3 aromatic rings. The van der Waals surface area contributed by atoms with Gasteiger partial charge in [0.05, 0.1) is 22.5 Å². The van der Waals surface area contributed by atoms with Crippen molar-refractivity contribution in [1.29, 1.82) is 0 Å². The molecule has 0 aliphatic heterocycles. The van der Waals surface area contributed by atoms with Crippen LogP contribution in [0.25, 0.3) is 0 Å². The van der Waals surface area contributed by atoms with Gasteiger partial charge in [0.2, 0.25) is 0 Å². The summed E-state index contributed by atoms with van der Waals surface area (Å²) in [5, 5.41) is 6.58. The largest absolute Gasteiger partial charge is 0.489 e. The van der Waals surface area contributed by atoms with E-state index in [9.17, 15) is 9.59 Å². The molecule has 7 heteroatoms. The van der Waals surface area contributed by atoms with Crippen molar-refractivity contribution in [2.24, 2.45) is 5.73 Å². The molecule has 0 atom stereocenters. The van der Waals surface area contributed by atoms with E-state index in [0.29, 0.717) is 23.6 Å². The van der Waals surface area contributed by atoms with Gasteiger partial charge in [0.25, 0.3) is 11.8 Å². The van der Waals surface area contributed by atoms with Gasteiger partial charge in [0.1, 0.15) is 18.1 Å². The van der Waals surface area contributed by atoms with Gasteiger partial charge >= 0.3 is 0 Å². The molecule has 0 unspecified atom stereocenters. The number of carbonyl (C=O) groups is 2. The van der Waals surface area contributed by atoms with E-state index in [1.165, 1.54) is 0 Å². The third kappa shape index (κ3) is 4.14. The van der Waals surface area contributed by atoms with E-state index in [4.69, 9.17) is 15.0 Å². The molecule has 0 radical (unpaired) electrons. The maximum Gasteiger partial charge on any atom is 0.255 e. The molecular weight excluding hydrogens is 346 g/mol. The predicted octanol–water partition coefficient (Wildman–Crippen LogP) is 3.22. The monoisotopic (exact) mass is 365 g/mol. The molecule has 0 spiro atoms. The van der Waals surface area contributed by atoms with Crippen LogP contribution < -0.4 is 15.8 Å². The lowest BCUT2D eigenvalue weighted by atomic mass is 10.1. The average Bonchev–Trinajstić information content (AvgIpc) is 2.98. The van der Waals surface area contributed by atoms with Gasteiger partial charge in [0, 0.05) is 5.56 Å². The molecule has 1 heterocycles. The third-order valence-corrected chi connectivity index (χ3v) is 4.12. The molecule has 0 aliphatic carbocycles. The maximum atomic E-state index is 12.4. The summed E-state index contributed by atoms with van der Waals surface area (Å²) in [5.74, 6) is 0.385. The number of para-hydroxylation sites is 1. The van der Waals surface area contributed by atoms with Crippen LogP contribution in [0.4, 0.5) is 5.69 Å². The Morgan fingerprint density at radius 2 is 1.81 bits per heavy atom. The number of nitrogens with two attached hydrogens (primary N) is 1. The van der Waals surface area contributed by atoms with E-state index in [0.717, 1.165) is 17.0 Å². The number of amides is 2. The van der Waals surface area contributed by atoms with Crippen LogP contribution in [0.5, 0.6) is 5.75 Å². The standard InChI is InChI=1S/C20H19N3O4/c1-12-17(13(2)27-23-12)11-26-15-9-7-14(8-10-15)20(25)22-18-6-4-3-5-16(18)19(21)24/h3-10H,11H2,1-2H3,(H2,21,24)(H,22,25). The van der Waals surface area contributed by atoms with Crippen LogP contribution in [0, 0.1) is 13.8 Å². The Balaban J connectivity index is 1.66. The predicted molar refractivity (Wildman–Crippen MR) is 99.7 cm³/mol. The fourth-order valence-electron chi connectivity index (χ4n) is 2.57. The van der Waals surface area contributed by atoms with E-state index in [-0.39, 0.29) is 11.5 Å². The molecule has 27 heavy (non-hydrogen) atoms. The van der Waals surface area contributed by atoms with Crippen molar-refractivity contribution in [2.75, 3.05) is 5.32 Å². The summed E-state index contributed by atoms with van der Waals surface area (Å²) in [4.78, 5) is 23.9. The van der Waals surface area contributed by atoms with Gasteiger partial charge in [-0.1, -0.05) is 17.3 Å². The number of hydrogen-bond donors (Lipinski definition) is 2. The van der Waals surface area contributed by atoms with Gasteiger partial charge in [-0.3, -0.25) is 9.59 Å². The van der Waals surface area contributed by atoms with Crippen LogP contribution in [-0.2, 0) is 6.61 Å². The van der Waals surface area contributed by atoms with E-state index >= 15 is 0 Å². The number of aryl methyl sites for hydroxylation is 2. The summed E-state index contributed by atoms with van der Waals surface area (Å²) >= 11 is 0. The lowest BCUT2D eigenvalue weighted by Gasteiger charge is -2.10. The molecular formula is C20H19N3O4. The normalized spacial score (nSPS) is 10.4. The number of hydrogen-bond acceptors (Lipinski definition) is 5. The number of nitrogens with zero attached hydrogens (tertiary/aromatic N) is 1. The second-order valence-corrected chi connectivity index (χ2v) is 5.98. The minimum atomic E-state index is -0.603. The zero-order valence-corrected chi connectivity index (χ0v) is 15.0. The van der Waals surface area contributed by atoms with Crippen LogP contribution in [0.1, 0.15) is 37.7 Å². The first-order chi connectivity index (χ1) is 13.0. The molecule has 138 valence electrons. The molecule has 2 amide bonds. The first kappa shape index (κ1) is 18.2. The molecule has 0 bridgehead atoms. The smallest absolute Gasteiger partial charge is 0.255 e. The van der Waals surface area contributed by atoms with E-state index < -0.39 is 5.91 Å². The fourth-order valence-corrected chi connectivity index (χ4v) is 2.57. The Morgan fingerprint density at radius 3 is 2.44 bits per heavy atom. The lowest BCUT2D eigenvalue weighted by molar-refractivity contribution is 0.100. The first-order valence-corrected chi connectivity index (χ1v) is 8.30. The Morgan fingerprint density at radius 1 is 1.11 bits per heavy atom. The van der Waals surface area contributed by atoms with Crippen molar-refractivity contribution >= 4 is 17.5 Å². The Bertz CT molecular complexity index is 958. The van der Waals surface area contributed by atoms with E-state index in [1.807, 2.05) is 13.8 Å². The van der Waals surface area contributed by atoms with Gasteiger partial charge in [-0.05, 0) is 50.2 Å². The van der Waals surface area contributed by atoms with Crippen LogP contribution in [-0.4, -0.2) is 17.0 Å². The number of primary amides is 1. The Kier molecular flexibility index (Phi) is 5.21. The number of aromatic nitrogens is 1. The van der Waals surface area contributed by atoms with Gasteiger partial charge in [0.15, 0.2) is 0 Å². The number of ether oxygens (including phenoxy) is 1. The summed E-state index contributed by atoms with van der Waals surface area (Å²) < 4.78 is 10.8.